The molecule has 0 saturated carbocycles. The van der Waals surface area contributed by atoms with Crippen LogP contribution in [0.2, 0.25) is 0 Å². The number of carbonyl (C=O) groups excluding carboxylic acids is 3. The summed E-state index contributed by atoms with van der Waals surface area (Å²) in [5.74, 6) is -0.659. The lowest BCUT2D eigenvalue weighted by Crippen LogP contribution is -2.34. The van der Waals surface area contributed by atoms with Crippen LogP contribution in [0.3, 0.4) is 0 Å². The van der Waals surface area contributed by atoms with E-state index in [1.54, 1.807) is 7.11 Å². The first-order valence-electron chi connectivity index (χ1n) is 10.7. The first-order valence-corrected chi connectivity index (χ1v) is 11.7. The Hall–Kier alpha value is -3.06. The fourth-order valence-electron chi connectivity index (χ4n) is 3.09. The minimum absolute atomic E-state index is 0.0305. The number of carbonyl (C=O) groups is 3. The van der Waals surface area contributed by atoms with Gasteiger partial charge in [0.1, 0.15) is 12.4 Å². The monoisotopic (exact) mass is 470 g/mol. The molecule has 2 aromatic rings. The van der Waals surface area contributed by atoms with Crippen molar-refractivity contribution in [3.8, 4) is 5.75 Å². The van der Waals surface area contributed by atoms with Crippen LogP contribution in [-0.4, -0.2) is 42.6 Å². The number of aryl methyl sites for hydroxylation is 1. The number of hydrogen-bond donors (Lipinski definition) is 0. The second kappa shape index (κ2) is 14.2. The Labute approximate surface area is 199 Å². The van der Waals surface area contributed by atoms with Crippen molar-refractivity contribution in [2.45, 2.75) is 32.3 Å². The molecule has 0 fully saturated rings. The Morgan fingerprint density at radius 1 is 1.00 bits per heavy atom. The van der Waals surface area contributed by atoms with Crippen molar-refractivity contribution in [1.82, 2.24) is 0 Å². The number of hydrogen-bond acceptors (Lipinski definition) is 7. The highest BCUT2D eigenvalue weighted by Crippen LogP contribution is 2.21. The quantitative estimate of drug-likeness (QED) is 0.317. The zero-order chi connectivity index (χ0) is 24.1. The SMILES string of the molecule is C=CCOC(=O)[C@H](Cc1ccccc1)OC(=O)C(CCc1ccc(OC)cc1)CSC(C)=O. The molecule has 0 radical (unpaired) electrons. The van der Waals surface area contributed by atoms with Crippen molar-refractivity contribution in [1.29, 1.82) is 0 Å². The van der Waals surface area contributed by atoms with E-state index >= 15 is 0 Å². The molecule has 0 N–H and O–H groups in total. The zero-order valence-electron chi connectivity index (χ0n) is 19.0. The summed E-state index contributed by atoms with van der Waals surface area (Å²) in [6.07, 6.45) is 1.68. The van der Waals surface area contributed by atoms with Gasteiger partial charge in [0, 0.05) is 19.1 Å². The molecule has 0 bridgehead atoms. The molecule has 0 spiro atoms. The van der Waals surface area contributed by atoms with Gasteiger partial charge in [0.05, 0.1) is 13.0 Å². The van der Waals surface area contributed by atoms with Crippen LogP contribution in [0.1, 0.15) is 24.5 Å². The third kappa shape index (κ3) is 9.53. The van der Waals surface area contributed by atoms with Gasteiger partial charge in [-0.1, -0.05) is 66.9 Å². The van der Waals surface area contributed by atoms with Crippen molar-refractivity contribution < 1.29 is 28.6 Å². The molecule has 0 aliphatic heterocycles. The maximum atomic E-state index is 13.1. The summed E-state index contributed by atoms with van der Waals surface area (Å²) in [6, 6.07) is 16.9. The van der Waals surface area contributed by atoms with E-state index in [0.717, 1.165) is 28.6 Å². The molecule has 0 aromatic heterocycles. The van der Waals surface area contributed by atoms with E-state index in [1.165, 1.54) is 13.0 Å². The van der Waals surface area contributed by atoms with Gasteiger partial charge >= 0.3 is 11.9 Å². The third-order valence-corrected chi connectivity index (χ3v) is 5.87. The Morgan fingerprint density at radius 2 is 1.70 bits per heavy atom. The van der Waals surface area contributed by atoms with E-state index in [0.29, 0.717) is 12.8 Å². The molecule has 7 heteroatoms. The maximum Gasteiger partial charge on any atom is 0.348 e. The van der Waals surface area contributed by atoms with Crippen LogP contribution >= 0.6 is 11.8 Å². The van der Waals surface area contributed by atoms with Crippen LogP contribution in [0.4, 0.5) is 0 Å². The topological polar surface area (TPSA) is 78.9 Å². The number of esters is 2. The molecule has 0 amide bonds. The standard InChI is InChI=1S/C26H30O6S/c1-4-16-31-26(29)24(17-21-8-6-5-7-9-21)32-25(28)22(18-33-19(2)27)13-10-20-11-14-23(30-3)15-12-20/h4-9,11-12,14-15,22,24H,1,10,13,16-18H2,2-3H3/t22?,24-/m0/s1. The number of ether oxygens (including phenoxy) is 3. The van der Waals surface area contributed by atoms with Crippen LogP contribution in [-0.2, 0) is 36.7 Å². The summed E-state index contributed by atoms with van der Waals surface area (Å²) in [5, 5.41) is -0.0801. The minimum Gasteiger partial charge on any atom is -0.497 e. The van der Waals surface area contributed by atoms with E-state index in [2.05, 4.69) is 6.58 Å². The molecular formula is C26H30O6S. The minimum atomic E-state index is -1.08. The van der Waals surface area contributed by atoms with Crippen molar-refractivity contribution in [3.05, 3.63) is 78.4 Å². The summed E-state index contributed by atoms with van der Waals surface area (Å²) in [4.78, 5) is 37.1. The molecule has 0 saturated heterocycles. The van der Waals surface area contributed by atoms with Gasteiger partial charge in [-0.3, -0.25) is 9.59 Å². The van der Waals surface area contributed by atoms with Gasteiger partial charge in [-0.2, -0.15) is 0 Å². The van der Waals surface area contributed by atoms with Gasteiger partial charge in [-0.15, -0.1) is 0 Å². The normalized spacial score (nSPS) is 12.3. The van der Waals surface area contributed by atoms with E-state index in [1.807, 2.05) is 54.6 Å². The number of rotatable bonds is 13. The van der Waals surface area contributed by atoms with E-state index in [-0.39, 0.29) is 23.9 Å². The molecule has 0 aliphatic carbocycles. The van der Waals surface area contributed by atoms with Gasteiger partial charge in [0.25, 0.3) is 0 Å². The van der Waals surface area contributed by atoms with E-state index < -0.39 is 24.0 Å². The van der Waals surface area contributed by atoms with Crippen LogP contribution in [0.25, 0.3) is 0 Å². The molecule has 33 heavy (non-hydrogen) atoms. The molecule has 2 atom stereocenters. The van der Waals surface area contributed by atoms with Crippen molar-refractivity contribution in [2.75, 3.05) is 19.5 Å². The first-order chi connectivity index (χ1) is 15.9. The number of benzene rings is 2. The second-order valence-corrected chi connectivity index (χ2v) is 8.62. The molecule has 176 valence electrons. The largest absolute Gasteiger partial charge is 0.497 e. The molecule has 6 nitrogen and oxygen atoms in total. The Balaban J connectivity index is 2.10. The molecule has 2 rings (SSSR count). The van der Waals surface area contributed by atoms with Crippen LogP contribution < -0.4 is 4.74 Å². The van der Waals surface area contributed by atoms with Gasteiger partial charge < -0.3 is 14.2 Å². The lowest BCUT2D eigenvalue weighted by Gasteiger charge is -2.21. The molecule has 0 aliphatic rings. The van der Waals surface area contributed by atoms with E-state index in [4.69, 9.17) is 14.2 Å². The summed E-state index contributed by atoms with van der Waals surface area (Å²) in [6.45, 7) is 5.03. The van der Waals surface area contributed by atoms with Gasteiger partial charge in [-0.05, 0) is 36.1 Å². The third-order valence-electron chi connectivity index (χ3n) is 4.89. The number of thioether (sulfide) groups is 1. The summed E-state index contributed by atoms with van der Waals surface area (Å²) < 4.78 is 16.0. The van der Waals surface area contributed by atoms with Crippen molar-refractivity contribution in [2.24, 2.45) is 5.92 Å². The average molecular weight is 471 g/mol. The van der Waals surface area contributed by atoms with Gasteiger partial charge in [0.15, 0.2) is 5.12 Å². The van der Waals surface area contributed by atoms with Crippen LogP contribution in [0.15, 0.2) is 67.3 Å². The highest BCUT2D eigenvalue weighted by molar-refractivity contribution is 8.13. The van der Waals surface area contributed by atoms with Crippen molar-refractivity contribution in [3.63, 3.8) is 0 Å². The fourth-order valence-corrected chi connectivity index (χ4v) is 3.83. The lowest BCUT2D eigenvalue weighted by molar-refractivity contribution is -0.169. The molecule has 0 heterocycles. The summed E-state index contributed by atoms with van der Waals surface area (Å²) >= 11 is 1.07. The zero-order valence-corrected chi connectivity index (χ0v) is 19.8. The number of methoxy groups -OCH3 is 1. The molecule has 2 aromatic carbocycles. The van der Waals surface area contributed by atoms with E-state index in [9.17, 15) is 14.4 Å². The highest BCUT2D eigenvalue weighted by Gasteiger charge is 2.29. The van der Waals surface area contributed by atoms with Crippen LogP contribution in [0.5, 0.6) is 5.75 Å². The van der Waals surface area contributed by atoms with Crippen LogP contribution in [0, 0.1) is 5.92 Å². The molecular weight excluding hydrogens is 440 g/mol. The average Bonchev–Trinajstić information content (AvgIpc) is 2.82. The lowest BCUT2D eigenvalue weighted by atomic mass is 10.0. The first kappa shape index (κ1) is 26.2. The maximum absolute atomic E-state index is 13.1. The highest BCUT2D eigenvalue weighted by atomic mass is 32.2. The van der Waals surface area contributed by atoms with Gasteiger partial charge in [0.2, 0.25) is 6.10 Å². The second-order valence-electron chi connectivity index (χ2n) is 7.42. The van der Waals surface area contributed by atoms with Crippen molar-refractivity contribution >= 4 is 28.8 Å². The smallest absolute Gasteiger partial charge is 0.348 e. The molecule has 1 unspecified atom stereocenters. The van der Waals surface area contributed by atoms with Gasteiger partial charge in [-0.25, -0.2) is 4.79 Å². The predicted octanol–water partition coefficient (Wildman–Crippen LogP) is 4.41. The fraction of sp³-hybridized carbons (Fsp3) is 0.346. The summed E-state index contributed by atoms with van der Waals surface area (Å²) in [5.41, 5.74) is 1.88. The predicted molar refractivity (Wildman–Crippen MR) is 129 cm³/mol. The Kier molecular flexibility index (Phi) is 11.2. The Morgan fingerprint density at radius 3 is 2.30 bits per heavy atom. The summed E-state index contributed by atoms with van der Waals surface area (Å²) in [7, 11) is 1.60. The Bertz CT molecular complexity index is 910.